The standard InChI is InChI=1S/C13H14BrNO3/c1-18-13(17)11-6-3-7-15(11)12(16)9-4-2-5-10(14)8-9/h2,4-5,8,11H,3,6-7H2,1H3. The molecule has 1 unspecified atom stereocenters. The number of nitrogens with zero attached hydrogens (tertiary/aromatic N) is 1. The van der Waals surface area contributed by atoms with Gasteiger partial charge in [-0.1, -0.05) is 22.0 Å². The van der Waals surface area contributed by atoms with E-state index in [2.05, 4.69) is 15.9 Å². The van der Waals surface area contributed by atoms with E-state index in [4.69, 9.17) is 4.74 Å². The first-order valence-corrected chi connectivity index (χ1v) is 6.57. The van der Waals surface area contributed by atoms with E-state index in [1.165, 1.54) is 7.11 Å². The van der Waals surface area contributed by atoms with Crippen LogP contribution in [0, 0.1) is 0 Å². The van der Waals surface area contributed by atoms with Crippen molar-refractivity contribution in [1.82, 2.24) is 4.90 Å². The lowest BCUT2D eigenvalue weighted by atomic mass is 10.1. The van der Waals surface area contributed by atoms with Gasteiger partial charge in [0.25, 0.3) is 5.91 Å². The van der Waals surface area contributed by atoms with Crippen molar-refractivity contribution in [3.05, 3.63) is 34.3 Å². The van der Waals surface area contributed by atoms with E-state index < -0.39 is 6.04 Å². The zero-order valence-electron chi connectivity index (χ0n) is 10.1. The molecule has 5 heteroatoms. The second-order valence-electron chi connectivity index (χ2n) is 4.19. The van der Waals surface area contributed by atoms with Gasteiger partial charge >= 0.3 is 5.97 Å². The Balaban J connectivity index is 2.20. The maximum atomic E-state index is 12.3. The molecular formula is C13H14BrNO3. The van der Waals surface area contributed by atoms with Crippen molar-refractivity contribution < 1.29 is 14.3 Å². The van der Waals surface area contributed by atoms with Gasteiger partial charge in [0, 0.05) is 16.6 Å². The van der Waals surface area contributed by atoms with Gasteiger partial charge in [0.05, 0.1) is 7.11 Å². The van der Waals surface area contributed by atoms with Crippen molar-refractivity contribution in [1.29, 1.82) is 0 Å². The molecule has 1 aromatic rings. The summed E-state index contributed by atoms with van der Waals surface area (Å²) in [6.07, 6.45) is 1.51. The average molecular weight is 312 g/mol. The predicted octanol–water partition coefficient (Wildman–Crippen LogP) is 2.23. The van der Waals surface area contributed by atoms with Gasteiger partial charge in [-0.2, -0.15) is 0 Å². The molecule has 0 N–H and O–H groups in total. The number of methoxy groups -OCH3 is 1. The number of esters is 1. The minimum absolute atomic E-state index is 0.121. The highest BCUT2D eigenvalue weighted by atomic mass is 79.9. The molecule has 4 nitrogen and oxygen atoms in total. The van der Waals surface area contributed by atoms with Crippen LogP contribution < -0.4 is 0 Å². The van der Waals surface area contributed by atoms with Crippen LogP contribution in [0.25, 0.3) is 0 Å². The normalized spacial score (nSPS) is 18.8. The molecule has 1 atom stereocenters. The highest BCUT2D eigenvalue weighted by Crippen LogP contribution is 2.22. The first-order valence-electron chi connectivity index (χ1n) is 5.78. The third kappa shape index (κ3) is 2.56. The Morgan fingerprint density at radius 3 is 2.89 bits per heavy atom. The minimum atomic E-state index is -0.443. The summed E-state index contributed by atoms with van der Waals surface area (Å²) in [5.74, 6) is -0.458. The number of hydrogen-bond acceptors (Lipinski definition) is 3. The van der Waals surface area contributed by atoms with Crippen LogP contribution in [-0.2, 0) is 9.53 Å². The summed E-state index contributed by atoms with van der Waals surface area (Å²) in [4.78, 5) is 25.5. The SMILES string of the molecule is COC(=O)C1CCCN1C(=O)c1cccc(Br)c1. The van der Waals surface area contributed by atoms with Crippen LogP contribution in [0.2, 0.25) is 0 Å². The number of rotatable bonds is 2. The summed E-state index contributed by atoms with van der Waals surface area (Å²) < 4.78 is 5.58. The fourth-order valence-electron chi connectivity index (χ4n) is 2.18. The first kappa shape index (κ1) is 13.1. The minimum Gasteiger partial charge on any atom is -0.467 e. The lowest BCUT2D eigenvalue weighted by Crippen LogP contribution is -2.41. The van der Waals surface area contributed by atoms with Gasteiger partial charge in [-0.3, -0.25) is 4.79 Å². The number of carbonyl (C=O) groups excluding carboxylic acids is 2. The van der Waals surface area contributed by atoms with Gasteiger partial charge in [-0.15, -0.1) is 0 Å². The monoisotopic (exact) mass is 311 g/mol. The molecule has 1 heterocycles. The molecule has 18 heavy (non-hydrogen) atoms. The molecule has 1 aliphatic rings. The van der Waals surface area contributed by atoms with Crippen LogP contribution in [0.1, 0.15) is 23.2 Å². The van der Waals surface area contributed by atoms with Crippen LogP contribution in [0.3, 0.4) is 0 Å². The fraction of sp³-hybridized carbons (Fsp3) is 0.385. The third-order valence-electron chi connectivity index (χ3n) is 3.06. The molecule has 2 rings (SSSR count). The largest absolute Gasteiger partial charge is 0.467 e. The van der Waals surface area contributed by atoms with Crippen molar-refractivity contribution in [3.8, 4) is 0 Å². The van der Waals surface area contributed by atoms with E-state index in [1.807, 2.05) is 6.07 Å². The second kappa shape index (κ2) is 5.52. The van der Waals surface area contributed by atoms with Crippen LogP contribution >= 0.6 is 15.9 Å². The molecule has 1 amide bonds. The first-order chi connectivity index (χ1) is 8.63. The molecule has 0 radical (unpaired) electrons. The highest BCUT2D eigenvalue weighted by Gasteiger charge is 2.35. The number of hydrogen-bond donors (Lipinski definition) is 0. The zero-order valence-corrected chi connectivity index (χ0v) is 11.6. The molecule has 1 fully saturated rings. The van der Waals surface area contributed by atoms with Gasteiger partial charge < -0.3 is 9.64 Å². The fourth-order valence-corrected chi connectivity index (χ4v) is 2.58. The molecule has 0 aromatic heterocycles. The number of carbonyl (C=O) groups is 2. The van der Waals surface area contributed by atoms with Crippen LogP contribution in [-0.4, -0.2) is 36.5 Å². The summed E-state index contributed by atoms with van der Waals surface area (Å²) in [6.45, 7) is 0.602. The molecule has 1 aromatic carbocycles. The number of amides is 1. The summed E-state index contributed by atoms with van der Waals surface area (Å²) in [5.41, 5.74) is 0.583. The molecule has 1 saturated heterocycles. The lowest BCUT2D eigenvalue weighted by molar-refractivity contribution is -0.145. The third-order valence-corrected chi connectivity index (χ3v) is 3.55. The van der Waals surface area contributed by atoms with Gasteiger partial charge in [-0.25, -0.2) is 4.79 Å². The molecule has 96 valence electrons. The topological polar surface area (TPSA) is 46.6 Å². The van der Waals surface area contributed by atoms with E-state index in [1.54, 1.807) is 23.1 Å². The van der Waals surface area contributed by atoms with Crippen molar-refractivity contribution in [2.24, 2.45) is 0 Å². The van der Waals surface area contributed by atoms with Crippen molar-refractivity contribution in [2.75, 3.05) is 13.7 Å². The Morgan fingerprint density at radius 2 is 2.22 bits per heavy atom. The quantitative estimate of drug-likeness (QED) is 0.787. The predicted molar refractivity (Wildman–Crippen MR) is 70.2 cm³/mol. The van der Waals surface area contributed by atoms with Crippen LogP contribution in [0.4, 0.5) is 0 Å². The molecule has 0 saturated carbocycles. The van der Waals surface area contributed by atoms with Crippen molar-refractivity contribution in [2.45, 2.75) is 18.9 Å². The highest BCUT2D eigenvalue weighted by molar-refractivity contribution is 9.10. The molecule has 0 aliphatic carbocycles. The molecular weight excluding hydrogens is 298 g/mol. The van der Waals surface area contributed by atoms with Gasteiger partial charge in [0.1, 0.15) is 6.04 Å². The summed E-state index contributed by atoms with van der Waals surface area (Å²) >= 11 is 3.33. The molecule has 0 spiro atoms. The second-order valence-corrected chi connectivity index (χ2v) is 5.11. The Hall–Kier alpha value is -1.36. The van der Waals surface area contributed by atoms with E-state index in [0.29, 0.717) is 18.5 Å². The Labute approximate surface area is 114 Å². The Morgan fingerprint density at radius 1 is 1.44 bits per heavy atom. The van der Waals surface area contributed by atoms with E-state index >= 15 is 0 Å². The summed E-state index contributed by atoms with van der Waals surface area (Å²) in [6, 6.07) is 6.73. The summed E-state index contributed by atoms with van der Waals surface area (Å²) in [7, 11) is 1.35. The molecule has 1 aliphatic heterocycles. The van der Waals surface area contributed by atoms with E-state index in [9.17, 15) is 9.59 Å². The number of halogens is 1. The smallest absolute Gasteiger partial charge is 0.328 e. The van der Waals surface area contributed by atoms with Crippen LogP contribution in [0.5, 0.6) is 0 Å². The van der Waals surface area contributed by atoms with E-state index in [0.717, 1.165) is 10.9 Å². The van der Waals surface area contributed by atoms with Crippen molar-refractivity contribution >= 4 is 27.8 Å². The number of ether oxygens (including phenoxy) is 1. The maximum absolute atomic E-state index is 12.3. The molecule has 0 bridgehead atoms. The van der Waals surface area contributed by atoms with Crippen molar-refractivity contribution in [3.63, 3.8) is 0 Å². The van der Waals surface area contributed by atoms with Gasteiger partial charge in [-0.05, 0) is 31.0 Å². The van der Waals surface area contributed by atoms with Gasteiger partial charge in [0.15, 0.2) is 0 Å². The Bertz CT molecular complexity index is 475. The van der Waals surface area contributed by atoms with Crippen LogP contribution in [0.15, 0.2) is 28.7 Å². The lowest BCUT2D eigenvalue weighted by Gasteiger charge is -2.22. The average Bonchev–Trinajstić information content (AvgIpc) is 2.86. The van der Waals surface area contributed by atoms with Gasteiger partial charge in [0.2, 0.25) is 0 Å². The number of likely N-dealkylation sites (tertiary alicyclic amines) is 1. The Kier molecular flexibility index (Phi) is 4.01. The number of benzene rings is 1. The van der Waals surface area contributed by atoms with E-state index in [-0.39, 0.29) is 11.9 Å². The zero-order chi connectivity index (χ0) is 13.1. The summed E-state index contributed by atoms with van der Waals surface area (Å²) in [5, 5.41) is 0. The maximum Gasteiger partial charge on any atom is 0.328 e.